The van der Waals surface area contributed by atoms with Gasteiger partial charge >= 0.3 is 11.9 Å². The molecule has 0 fully saturated rings. The van der Waals surface area contributed by atoms with Crippen LogP contribution in [-0.2, 0) is 38.0 Å². The Morgan fingerprint density at radius 2 is 1.59 bits per heavy atom. The summed E-state index contributed by atoms with van der Waals surface area (Å²) in [7, 11) is 0. The van der Waals surface area contributed by atoms with E-state index in [1.54, 1.807) is 0 Å². The molecule has 8 atom stereocenters. The lowest BCUT2D eigenvalue weighted by molar-refractivity contribution is -0.205. The Balaban J connectivity index is 3.29. The molecule has 0 aliphatic carbocycles. The van der Waals surface area contributed by atoms with Gasteiger partial charge in [0.15, 0.2) is 12.6 Å². The molecule has 8 heteroatoms. The van der Waals surface area contributed by atoms with Crippen molar-refractivity contribution >= 4 is 11.9 Å². The first kappa shape index (κ1) is 40.0. The van der Waals surface area contributed by atoms with E-state index in [0.29, 0.717) is 19.6 Å². The minimum absolute atomic E-state index is 0.0271. The standard InChI is InChI=1S/C36H62O8/c1-10-13-14-15-16-17-18-19-20-21-26(4)36-27(5)22-23-33(41-29(7)37)28(6)34(43-31(9)40-12-3)24-32(25-35(38)44-36)42-30(8)39-11-2/h19-23,27-28,30-34,36H,10-18,24-25H2,1-9H3/b20-19+,23-22-,26-21+. The van der Waals surface area contributed by atoms with Gasteiger partial charge in [-0.15, -0.1) is 0 Å². The van der Waals surface area contributed by atoms with Crippen molar-refractivity contribution in [2.75, 3.05) is 13.2 Å². The maximum Gasteiger partial charge on any atom is 0.309 e. The summed E-state index contributed by atoms with van der Waals surface area (Å²) in [6.45, 7) is 18.0. The van der Waals surface area contributed by atoms with Crippen molar-refractivity contribution in [1.82, 2.24) is 0 Å². The average molecular weight is 623 g/mol. The molecule has 8 unspecified atom stereocenters. The number of carbonyl (C=O) groups excluding carboxylic acids is 2. The first-order chi connectivity index (χ1) is 21.0. The first-order valence-corrected chi connectivity index (χ1v) is 16.9. The smallest absolute Gasteiger partial charge is 0.309 e. The van der Waals surface area contributed by atoms with Crippen LogP contribution in [-0.4, -0.2) is 62.1 Å². The van der Waals surface area contributed by atoms with Gasteiger partial charge in [0.25, 0.3) is 0 Å². The lowest BCUT2D eigenvalue weighted by Gasteiger charge is -2.35. The van der Waals surface area contributed by atoms with E-state index < -0.39 is 37.0 Å². The van der Waals surface area contributed by atoms with Gasteiger partial charge in [0, 0.05) is 38.4 Å². The second kappa shape index (κ2) is 23.4. The van der Waals surface area contributed by atoms with Crippen molar-refractivity contribution in [2.45, 2.75) is 157 Å². The molecule has 0 spiro atoms. The Morgan fingerprint density at radius 3 is 2.23 bits per heavy atom. The zero-order valence-electron chi connectivity index (χ0n) is 29.0. The molecule has 0 radical (unpaired) electrons. The molecule has 254 valence electrons. The maximum atomic E-state index is 13.4. The monoisotopic (exact) mass is 622 g/mol. The molecule has 1 rings (SSSR count). The van der Waals surface area contributed by atoms with Gasteiger partial charge in [0.05, 0.1) is 18.6 Å². The maximum absolute atomic E-state index is 13.4. The van der Waals surface area contributed by atoms with Crippen LogP contribution in [0.3, 0.4) is 0 Å². The summed E-state index contributed by atoms with van der Waals surface area (Å²) in [6.07, 6.45) is 16.1. The van der Waals surface area contributed by atoms with Gasteiger partial charge in [-0.25, -0.2) is 0 Å². The molecule has 0 aromatic heterocycles. The van der Waals surface area contributed by atoms with Crippen LogP contribution in [0.25, 0.3) is 0 Å². The fourth-order valence-corrected chi connectivity index (χ4v) is 5.46. The number of hydrogen-bond donors (Lipinski definition) is 0. The van der Waals surface area contributed by atoms with E-state index >= 15 is 0 Å². The molecule has 0 N–H and O–H groups in total. The minimum Gasteiger partial charge on any atom is -0.458 e. The summed E-state index contributed by atoms with van der Waals surface area (Å²) in [5, 5.41) is 0. The van der Waals surface area contributed by atoms with Crippen LogP contribution in [0.15, 0.2) is 36.0 Å². The predicted molar refractivity (Wildman–Crippen MR) is 175 cm³/mol. The fourth-order valence-electron chi connectivity index (χ4n) is 5.46. The summed E-state index contributed by atoms with van der Waals surface area (Å²) in [5.41, 5.74) is 0.941. The summed E-state index contributed by atoms with van der Waals surface area (Å²) < 4.78 is 35.7. The zero-order chi connectivity index (χ0) is 32.9. The van der Waals surface area contributed by atoms with Crippen LogP contribution >= 0.6 is 0 Å². The topological polar surface area (TPSA) is 89.5 Å². The zero-order valence-corrected chi connectivity index (χ0v) is 29.0. The summed E-state index contributed by atoms with van der Waals surface area (Å²) in [4.78, 5) is 25.6. The molecule has 1 heterocycles. The number of esters is 2. The van der Waals surface area contributed by atoms with Gasteiger partial charge in [-0.2, -0.15) is 0 Å². The Hall–Kier alpha value is -2.00. The molecule has 0 bridgehead atoms. The van der Waals surface area contributed by atoms with Crippen molar-refractivity contribution in [3.8, 4) is 0 Å². The third-order valence-electron chi connectivity index (χ3n) is 7.86. The van der Waals surface area contributed by atoms with Crippen LogP contribution in [0.5, 0.6) is 0 Å². The average Bonchev–Trinajstić information content (AvgIpc) is 2.95. The highest BCUT2D eigenvalue weighted by atomic mass is 16.7. The largest absolute Gasteiger partial charge is 0.458 e. The fraction of sp³-hybridized carbons (Fsp3) is 0.778. The second-order valence-electron chi connectivity index (χ2n) is 11.9. The van der Waals surface area contributed by atoms with E-state index in [2.05, 4.69) is 19.1 Å². The third kappa shape index (κ3) is 16.9. The Bertz CT molecular complexity index is 881. The van der Waals surface area contributed by atoms with Crippen molar-refractivity contribution < 1.29 is 38.0 Å². The SMILES string of the molecule is CCCCCCCC/C=C/C=C(\C)C1OC(=O)CC(OC(C)OCC)CC(OC(C)OCC)C(C)C(OC(C)=O)/C=C\C1C. The Kier molecular flexibility index (Phi) is 21.2. The highest BCUT2D eigenvalue weighted by Gasteiger charge is 2.34. The number of rotatable bonds is 18. The number of ether oxygens (including phenoxy) is 6. The predicted octanol–water partition coefficient (Wildman–Crippen LogP) is 8.24. The number of carbonyl (C=O) groups is 2. The first-order valence-electron chi connectivity index (χ1n) is 16.9. The van der Waals surface area contributed by atoms with E-state index in [4.69, 9.17) is 28.4 Å². The normalized spacial score (nSPS) is 27.7. The Morgan fingerprint density at radius 1 is 0.955 bits per heavy atom. The highest BCUT2D eigenvalue weighted by molar-refractivity contribution is 5.70. The molecule has 1 aliphatic heterocycles. The van der Waals surface area contributed by atoms with Gasteiger partial charge in [-0.3, -0.25) is 9.59 Å². The van der Waals surface area contributed by atoms with Gasteiger partial charge in [0.2, 0.25) is 0 Å². The number of allylic oxidation sites excluding steroid dienone is 3. The van der Waals surface area contributed by atoms with Crippen LogP contribution in [0, 0.1) is 11.8 Å². The van der Waals surface area contributed by atoms with E-state index in [9.17, 15) is 9.59 Å². The van der Waals surface area contributed by atoms with Crippen molar-refractivity contribution in [2.24, 2.45) is 11.8 Å². The third-order valence-corrected chi connectivity index (χ3v) is 7.86. The number of cyclic esters (lactones) is 1. The highest BCUT2D eigenvalue weighted by Crippen LogP contribution is 2.28. The number of hydrogen-bond acceptors (Lipinski definition) is 8. The molecule has 0 amide bonds. The van der Waals surface area contributed by atoms with E-state index in [1.807, 2.05) is 66.7 Å². The Labute approximate surface area is 267 Å². The molecule has 1 aliphatic rings. The lowest BCUT2D eigenvalue weighted by atomic mass is 9.89. The molecular weight excluding hydrogens is 560 g/mol. The van der Waals surface area contributed by atoms with E-state index in [-0.39, 0.29) is 30.2 Å². The molecule has 44 heavy (non-hydrogen) atoms. The van der Waals surface area contributed by atoms with Crippen molar-refractivity contribution in [3.05, 3.63) is 36.0 Å². The molecule has 0 aromatic rings. The van der Waals surface area contributed by atoms with Gasteiger partial charge in [0.1, 0.15) is 12.2 Å². The molecule has 0 aromatic carbocycles. The number of unbranched alkanes of at least 4 members (excludes halogenated alkanes) is 6. The van der Waals surface area contributed by atoms with Crippen LogP contribution in [0.4, 0.5) is 0 Å². The van der Waals surface area contributed by atoms with E-state index in [1.165, 1.54) is 45.4 Å². The van der Waals surface area contributed by atoms with Crippen LogP contribution in [0.2, 0.25) is 0 Å². The molecule has 0 saturated carbocycles. The minimum atomic E-state index is -0.559. The molecular formula is C36H62O8. The summed E-state index contributed by atoms with van der Waals surface area (Å²) in [5.74, 6) is -1.16. The second-order valence-corrected chi connectivity index (χ2v) is 11.9. The quantitative estimate of drug-likeness (QED) is 0.0496. The van der Waals surface area contributed by atoms with Gasteiger partial charge in [-0.05, 0) is 59.1 Å². The molecule has 8 nitrogen and oxygen atoms in total. The van der Waals surface area contributed by atoms with Crippen molar-refractivity contribution in [1.29, 1.82) is 0 Å². The summed E-state index contributed by atoms with van der Waals surface area (Å²) in [6, 6.07) is 0. The van der Waals surface area contributed by atoms with Crippen LogP contribution < -0.4 is 0 Å². The van der Waals surface area contributed by atoms with Crippen molar-refractivity contribution in [3.63, 3.8) is 0 Å². The van der Waals surface area contributed by atoms with Gasteiger partial charge in [-0.1, -0.05) is 77.2 Å². The van der Waals surface area contributed by atoms with Gasteiger partial charge < -0.3 is 28.4 Å². The lowest BCUT2D eigenvalue weighted by Crippen LogP contribution is -2.41. The van der Waals surface area contributed by atoms with E-state index in [0.717, 1.165) is 12.0 Å². The summed E-state index contributed by atoms with van der Waals surface area (Å²) >= 11 is 0. The molecule has 0 saturated heterocycles. The van der Waals surface area contributed by atoms with Crippen LogP contribution in [0.1, 0.15) is 120 Å².